The quantitative estimate of drug-likeness (QED) is 0.525. The van der Waals surface area contributed by atoms with Gasteiger partial charge in [-0.25, -0.2) is 22.5 Å². The minimum Gasteiger partial charge on any atom is -0.337 e. The van der Waals surface area contributed by atoms with E-state index < -0.39 is 10.0 Å². The molecule has 0 aliphatic rings. The molecule has 29 heavy (non-hydrogen) atoms. The van der Waals surface area contributed by atoms with Gasteiger partial charge in [0.15, 0.2) is 0 Å². The minimum atomic E-state index is -3.69. The molecule has 0 unspecified atom stereocenters. The SMILES string of the molecule is CNS(=O)(=O)c1ccccc1-c1nc(-c2ccc(F)cc2)c(-c2ccncc2)[nH]1. The van der Waals surface area contributed by atoms with E-state index in [1.165, 1.54) is 25.2 Å². The van der Waals surface area contributed by atoms with Crippen LogP contribution in [0.15, 0.2) is 78.0 Å². The lowest BCUT2D eigenvalue weighted by Crippen LogP contribution is -2.19. The van der Waals surface area contributed by atoms with E-state index in [0.29, 0.717) is 28.3 Å². The summed E-state index contributed by atoms with van der Waals surface area (Å²) < 4.78 is 40.7. The van der Waals surface area contributed by atoms with Gasteiger partial charge in [-0.3, -0.25) is 4.98 Å². The van der Waals surface area contributed by atoms with Crippen LogP contribution in [-0.2, 0) is 10.0 Å². The average molecular weight is 408 g/mol. The van der Waals surface area contributed by atoms with Crippen LogP contribution in [0.1, 0.15) is 0 Å². The number of rotatable bonds is 5. The molecule has 2 aromatic carbocycles. The van der Waals surface area contributed by atoms with E-state index in [4.69, 9.17) is 0 Å². The van der Waals surface area contributed by atoms with E-state index in [1.807, 2.05) is 12.1 Å². The molecule has 6 nitrogen and oxygen atoms in total. The zero-order valence-electron chi connectivity index (χ0n) is 15.4. The molecular weight excluding hydrogens is 391 g/mol. The lowest BCUT2D eigenvalue weighted by molar-refractivity contribution is 0.588. The smallest absolute Gasteiger partial charge is 0.241 e. The third kappa shape index (κ3) is 3.67. The highest BCUT2D eigenvalue weighted by Gasteiger charge is 2.21. The number of pyridine rings is 1. The van der Waals surface area contributed by atoms with Gasteiger partial charge < -0.3 is 4.98 Å². The van der Waals surface area contributed by atoms with Crippen LogP contribution in [0, 0.1) is 5.82 Å². The first-order chi connectivity index (χ1) is 14.0. The number of H-pyrrole nitrogens is 1. The van der Waals surface area contributed by atoms with Crippen LogP contribution < -0.4 is 4.72 Å². The number of nitrogens with zero attached hydrogens (tertiary/aromatic N) is 2. The molecule has 0 radical (unpaired) electrons. The fourth-order valence-corrected chi connectivity index (χ4v) is 3.98. The molecule has 2 N–H and O–H groups in total. The van der Waals surface area contributed by atoms with Crippen molar-refractivity contribution in [1.29, 1.82) is 0 Å². The molecule has 2 heterocycles. The fraction of sp³-hybridized carbons (Fsp3) is 0.0476. The van der Waals surface area contributed by atoms with E-state index in [0.717, 1.165) is 5.56 Å². The van der Waals surface area contributed by atoms with Crippen LogP contribution in [0.3, 0.4) is 0 Å². The lowest BCUT2D eigenvalue weighted by atomic mass is 10.1. The lowest BCUT2D eigenvalue weighted by Gasteiger charge is -2.07. The van der Waals surface area contributed by atoms with Crippen LogP contribution in [0.5, 0.6) is 0 Å². The van der Waals surface area contributed by atoms with Crippen molar-refractivity contribution in [2.24, 2.45) is 0 Å². The minimum absolute atomic E-state index is 0.114. The van der Waals surface area contributed by atoms with Crippen molar-refractivity contribution in [3.05, 3.63) is 78.9 Å². The monoisotopic (exact) mass is 408 g/mol. The number of hydrogen-bond acceptors (Lipinski definition) is 4. The highest BCUT2D eigenvalue weighted by molar-refractivity contribution is 7.89. The molecule has 146 valence electrons. The van der Waals surface area contributed by atoms with E-state index in [-0.39, 0.29) is 10.7 Å². The first-order valence-corrected chi connectivity index (χ1v) is 10.3. The number of hydrogen-bond donors (Lipinski definition) is 2. The summed E-state index contributed by atoms with van der Waals surface area (Å²) in [5.41, 5.74) is 3.24. The molecule has 0 aliphatic carbocycles. The van der Waals surface area contributed by atoms with Crippen LogP contribution in [-0.4, -0.2) is 30.4 Å². The van der Waals surface area contributed by atoms with Crippen molar-refractivity contribution >= 4 is 10.0 Å². The topological polar surface area (TPSA) is 87.7 Å². The van der Waals surface area contributed by atoms with Gasteiger partial charge in [0.05, 0.1) is 16.3 Å². The van der Waals surface area contributed by atoms with Crippen molar-refractivity contribution in [1.82, 2.24) is 19.7 Å². The number of nitrogens with one attached hydrogen (secondary N) is 2. The summed E-state index contributed by atoms with van der Waals surface area (Å²) in [6.07, 6.45) is 3.31. The summed E-state index contributed by atoms with van der Waals surface area (Å²) in [7, 11) is -2.32. The second-order valence-corrected chi connectivity index (χ2v) is 8.11. The summed E-state index contributed by atoms with van der Waals surface area (Å²) >= 11 is 0. The summed E-state index contributed by atoms with van der Waals surface area (Å²) in [5, 5.41) is 0. The average Bonchev–Trinajstić information content (AvgIpc) is 3.20. The fourth-order valence-electron chi connectivity index (χ4n) is 3.05. The Morgan fingerprint density at radius 1 is 0.931 bits per heavy atom. The molecular formula is C21H17FN4O2S. The van der Waals surface area contributed by atoms with Crippen molar-refractivity contribution < 1.29 is 12.8 Å². The molecule has 0 saturated carbocycles. The van der Waals surface area contributed by atoms with Crippen molar-refractivity contribution in [3.63, 3.8) is 0 Å². The molecule has 0 atom stereocenters. The molecule has 0 fully saturated rings. The number of sulfonamides is 1. The molecule has 2 aromatic heterocycles. The Balaban J connectivity index is 1.95. The van der Waals surface area contributed by atoms with E-state index in [1.54, 1.807) is 42.7 Å². The van der Waals surface area contributed by atoms with E-state index in [2.05, 4.69) is 19.7 Å². The Labute approximate surface area is 167 Å². The highest BCUT2D eigenvalue weighted by Crippen LogP contribution is 2.34. The number of benzene rings is 2. The first-order valence-electron chi connectivity index (χ1n) is 8.79. The van der Waals surface area contributed by atoms with E-state index >= 15 is 0 Å². The molecule has 8 heteroatoms. The van der Waals surface area contributed by atoms with Crippen LogP contribution in [0.25, 0.3) is 33.9 Å². The number of halogens is 1. The molecule has 0 aliphatic heterocycles. The van der Waals surface area contributed by atoms with E-state index in [9.17, 15) is 12.8 Å². The zero-order chi connectivity index (χ0) is 20.4. The van der Waals surface area contributed by atoms with Crippen LogP contribution in [0.4, 0.5) is 4.39 Å². The maximum atomic E-state index is 13.4. The Morgan fingerprint density at radius 2 is 1.62 bits per heavy atom. The van der Waals surface area contributed by atoms with Crippen LogP contribution in [0.2, 0.25) is 0 Å². The number of aromatic nitrogens is 3. The van der Waals surface area contributed by atoms with Gasteiger partial charge in [0.25, 0.3) is 0 Å². The van der Waals surface area contributed by atoms with Gasteiger partial charge in [0.2, 0.25) is 10.0 Å². The maximum absolute atomic E-state index is 13.4. The maximum Gasteiger partial charge on any atom is 0.241 e. The largest absolute Gasteiger partial charge is 0.337 e. The standard InChI is InChI=1S/C21H17FN4O2S/c1-23-29(27,28)18-5-3-2-4-17(18)21-25-19(14-6-8-16(22)9-7-14)20(26-21)15-10-12-24-13-11-15/h2-13,23H,1H3,(H,25,26). The predicted molar refractivity (Wildman–Crippen MR) is 109 cm³/mol. The Hall–Kier alpha value is -3.36. The molecule has 4 aromatic rings. The molecule has 0 bridgehead atoms. The summed E-state index contributed by atoms with van der Waals surface area (Å²) in [6, 6.07) is 16.2. The Bertz CT molecular complexity index is 1250. The Kier molecular flexibility index (Phi) is 4.96. The van der Waals surface area contributed by atoms with Gasteiger partial charge in [-0.2, -0.15) is 0 Å². The summed E-state index contributed by atoms with van der Waals surface area (Å²) in [4.78, 5) is 12.1. The number of imidazole rings is 1. The molecule has 0 saturated heterocycles. The number of aromatic amines is 1. The van der Waals surface area contributed by atoms with Gasteiger partial charge in [-0.05, 0) is 55.6 Å². The van der Waals surface area contributed by atoms with Gasteiger partial charge in [0, 0.05) is 29.1 Å². The third-order valence-electron chi connectivity index (χ3n) is 4.49. The van der Waals surface area contributed by atoms with Gasteiger partial charge >= 0.3 is 0 Å². The summed E-state index contributed by atoms with van der Waals surface area (Å²) in [6.45, 7) is 0. The normalized spacial score (nSPS) is 11.5. The van der Waals surface area contributed by atoms with Crippen molar-refractivity contribution in [2.75, 3.05) is 7.05 Å². The van der Waals surface area contributed by atoms with Gasteiger partial charge in [-0.1, -0.05) is 12.1 Å². The summed E-state index contributed by atoms with van der Waals surface area (Å²) in [5.74, 6) is 0.0472. The predicted octanol–water partition coefficient (Wildman–Crippen LogP) is 3.85. The molecule has 0 spiro atoms. The van der Waals surface area contributed by atoms with Crippen molar-refractivity contribution in [2.45, 2.75) is 4.90 Å². The second-order valence-electron chi connectivity index (χ2n) is 6.26. The third-order valence-corrected chi connectivity index (χ3v) is 5.96. The molecule has 4 rings (SSSR count). The van der Waals surface area contributed by atoms with Gasteiger partial charge in [0.1, 0.15) is 11.6 Å². The molecule has 0 amide bonds. The Morgan fingerprint density at radius 3 is 2.31 bits per heavy atom. The second kappa shape index (κ2) is 7.57. The van der Waals surface area contributed by atoms with Crippen molar-refractivity contribution in [3.8, 4) is 33.9 Å². The van der Waals surface area contributed by atoms with Crippen LogP contribution >= 0.6 is 0 Å². The first kappa shape index (κ1) is 19.0. The highest BCUT2D eigenvalue weighted by atomic mass is 32.2. The zero-order valence-corrected chi connectivity index (χ0v) is 16.2. The van der Waals surface area contributed by atoms with Gasteiger partial charge in [-0.15, -0.1) is 0 Å².